The number of amides is 1. The van der Waals surface area contributed by atoms with E-state index in [4.69, 9.17) is 4.74 Å². The molecule has 27 heavy (non-hydrogen) atoms. The summed E-state index contributed by atoms with van der Waals surface area (Å²) in [4.78, 5) is 12.0. The summed E-state index contributed by atoms with van der Waals surface area (Å²) in [6.07, 6.45) is 0. The molecular formula is C20H20BrN3O3. The zero-order valence-corrected chi connectivity index (χ0v) is 16.7. The number of halogens is 1. The molecule has 2 aromatic carbocycles. The van der Waals surface area contributed by atoms with E-state index in [-0.39, 0.29) is 12.5 Å². The maximum atomic E-state index is 12.0. The van der Waals surface area contributed by atoms with E-state index in [2.05, 4.69) is 40.0 Å². The van der Waals surface area contributed by atoms with E-state index < -0.39 is 5.91 Å². The van der Waals surface area contributed by atoms with Gasteiger partial charge in [0.05, 0.1) is 5.52 Å². The SMILES string of the molecule is CC(C)Cn1c(O)c(N=NC(=O)COc2ccc(Br)cc2)c2ccccc21. The molecule has 7 heteroatoms. The Labute approximate surface area is 165 Å². The van der Waals surface area contributed by atoms with Crippen LogP contribution in [0.5, 0.6) is 11.6 Å². The second-order valence-electron chi connectivity index (χ2n) is 6.53. The van der Waals surface area contributed by atoms with Gasteiger partial charge in [0.15, 0.2) is 12.3 Å². The first-order chi connectivity index (χ1) is 13.0. The molecule has 0 unspecified atom stereocenters. The van der Waals surface area contributed by atoms with Gasteiger partial charge >= 0.3 is 5.91 Å². The van der Waals surface area contributed by atoms with Crippen LogP contribution in [0.1, 0.15) is 13.8 Å². The van der Waals surface area contributed by atoms with Crippen LogP contribution in [0.2, 0.25) is 0 Å². The summed E-state index contributed by atoms with van der Waals surface area (Å²) in [5, 5.41) is 19.0. The topological polar surface area (TPSA) is 76.2 Å². The van der Waals surface area contributed by atoms with E-state index >= 15 is 0 Å². The number of rotatable bonds is 6. The number of aromatic nitrogens is 1. The molecule has 0 fully saturated rings. The fourth-order valence-electron chi connectivity index (χ4n) is 2.73. The summed E-state index contributed by atoms with van der Waals surface area (Å²) in [6, 6.07) is 14.7. The third-order valence-corrected chi connectivity index (χ3v) is 4.43. The molecular weight excluding hydrogens is 410 g/mol. The lowest BCUT2D eigenvalue weighted by molar-refractivity contribution is -0.120. The standard InChI is InChI=1S/C20H20BrN3O3/c1-13(2)11-24-17-6-4-3-5-16(17)19(20(24)26)23-22-18(25)12-27-15-9-7-14(21)8-10-15/h3-10,13,26H,11-12H2,1-2H3. The number of hydrogen-bond acceptors (Lipinski definition) is 4. The fourth-order valence-corrected chi connectivity index (χ4v) is 3.00. The number of hydrogen-bond donors (Lipinski definition) is 1. The number of nitrogens with zero attached hydrogens (tertiary/aromatic N) is 3. The Morgan fingerprint density at radius 2 is 1.89 bits per heavy atom. The zero-order chi connectivity index (χ0) is 19.4. The van der Waals surface area contributed by atoms with Crippen LogP contribution in [0.3, 0.4) is 0 Å². The number of fused-ring (bicyclic) bond motifs is 1. The fraction of sp³-hybridized carbons (Fsp3) is 0.250. The Morgan fingerprint density at radius 3 is 2.59 bits per heavy atom. The van der Waals surface area contributed by atoms with Crippen molar-refractivity contribution in [3.63, 3.8) is 0 Å². The summed E-state index contributed by atoms with van der Waals surface area (Å²) >= 11 is 3.34. The van der Waals surface area contributed by atoms with Crippen molar-refractivity contribution < 1.29 is 14.6 Å². The molecule has 3 aromatic rings. The molecule has 140 valence electrons. The molecule has 3 rings (SSSR count). The van der Waals surface area contributed by atoms with E-state index in [1.54, 1.807) is 16.7 Å². The molecule has 0 atom stereocenters. The Balaban J connectivity index is 1.78. The normalized spacial score (nSPS) is 11.6. The minimum Gasteiger partial charge on any atom is -0.493 e. The summed E-state index contributed by atoms with van der Waals surface area (Å²) in [5.74, 6) is 0.392. The number of carbonyl (C=O) groups excluding carboxylic acids is 1. The predicted octanol–water partition coefficient (Wildman–Crippen LogP) is 5.45. The third-order valence-electron chi connectivity index (χ3n) is 3.90. The Morgan fingerprint density at radius 1 is 1.19 bits per heavy atom. The summed E-state index contributed by atoms with van der Waals surface area (Å²) in [7, 11) is 0. The van der Waals surface area contributed by atoms with Gasteiger partial charge < -0.3 is 14.4 Å². The summed E-state index contributed by atoms with van der Waals surface area (Å²) in [6.45, 7) is 4.55. The molecule has 6 nitrogen and oxygen atoms in total. The first-order valence-electron chi connectivity index (χ1n) is 8.59. The van der Waals surface area contributed by atoms with E-state index in [0.717, 1.165) is 15.4 Å². The minimum absolute atomic E-state index is 0.00952. The van der Waals surface area contributed by atoms with Crippen molar-refractivity contribution in [2.45, 2.75) is 20.4 Å². The smallest absolute Gasteiger partial charge is 0.302 e. The Bertz CT molecular complexity index is 978. The molecule has 0 spiro atoms. The molecule has 1 amide bonds. The maximum absolute atomic E-state index is 12.0. The van der Waals surface area contributed by atoms with Crippen molar-refractivity contribution in [3.05, 3.63) is 53.0 Å². The van der Waals surface area contributed by atoms with Crippen molar-refractivity contribution in [1.82, 2.24) is 4.57 Å². The number of carbonyl (C=O) groups is 1. The van der Waals surface area contributed by atoms with Crippen LogP contribution in [-0.4, -0.2) is 22.2 Å². The Kier molecular flexibility index (Phi) is 5.91. The van der Waals surface area contributed by atoms with Crippen molar-refractivity contribution in [3.8, 4) is 11.6 Å². The van der Waals surface area contributed by atoms with Gasteiger partial charge in [0.2, 0.25) is 5.88 Å². The van der Waals surface area contributed by atoms with Gasteiger partial charge in [0.1, 0.15) is 5.75 Å². The van der Waals surface area contributed by atoms with Crippen LogP contribution < -0.4 is 4.74 Å². The van der Waals surface area contributed by atoms with Crippen molar-refractivity contribution in [2.24, 2.45) is 16.1 Å². The van der Waals surface area contributed by atoms with Crippen LogP contribution in [-0.2, 0) is 11.3 Å². The molecule has 0 aliphatic heterocycles. The van der Waals surface area contributed by atoms with Gasteiger partial charge in [0, 0.05) is 16.4 Å². The van der Waals surface area contributed by atoms with Gasteiger partial charge in [-0.2, -0.15) is 0 Å². The average molecular weight is 430 g/mol. The van der Waals surface area contributed by atoms with Crippen molar-refractivity contribution >= 4 is 38.4 Å². The van der Waals surface area contributed by atoms with Crippen molar-refractivity contribution in [2.75, 3.05) is 6.61 Å². The summed E-state index contributed by atoms with van der Waals surface area (Å²) < 4.78 is 8.11. The van der Waals surface area contributed by atoms with Gasteiger partial charge in [-0.3, -0.25) is 4.79 Å². The van der Waals surface area contributed by atoms with Crippen LogP contribution in [0.4, 0.5) is 5.69 Å². The monoisotopic (exact) mass is 429 g/mol. The van der Waals surface area contributed by atoms with E-state index in [0.29, 0.717) is 23.9 Å². The highest BCUT2D eigenvalue weighted by Gasteiger charge is 2.17. The quantitative estimate of drug-likeness (QED) is 0.528. The molecule has 0 saturated carbocycles. The number of benzene rings is 2. The number of aromatic hydroxyl groups is 1. The van der Waals surface area contributed by atoms with Crippen LogP contribution in [0, 0.1) is 5.92 Å². The number of azo groups is 1. The van der Waals surface area contributed by atoms with Crippen molar-refractivity contribution in [1.29, 1.82) is 0 Å². The Hall–Kier alpha value is -2.67. The lowest BCUT2D eigenvalue weighted by atomic mass is 10.2. The maximum Gasteiger partial charge on any atom is 0.302 e. The second-order valence-corrected chi connectivity index (χ2v) is 7.45. The molecule has 0 saturated heterocycles. The van der Waals surface area contributed by atoms with Crippen LogP contribution in [0.25, 0.3) is 10.9 Å². The molecule has 0 bridgehead atoms. The minimum atomic E-state index is -0.530. The second kappa shape index (κ2) is 8.35. The first kappa shape index (κ1) is 19.1. The summed E-state index contributed by atoms with van der Waals surface area (Å²) in [5.41, 5.74) is 1.15. The van der Waals surface area contributed by atoms with Gasteiger partial charge in [-0.25, -0.2) is 0 Å². The molecule has 1 N–H and O–H groups in total. The van der Waals surface area contributed by atoms with Crippen LogP contribution >= 0.6 is 15.9 Å². The van der Waals surface area contributed by atoms with E-state index in [1.807, 2.05) is 36.4 Å². The van der Waals surface area contributed by atoms with Gasteiger partial charge in [0.25, 0.3) is 0 Å². The largest absolute Gasteiger partial charge is 0.493 e. The van der Waals surface area contributed by atoms with Crippen LogP contribution in [0.15, 0.2) is 63.2 Å². The molecule has 1 aromatic heterocycles. The van der Waals surface area contributed by atoms with Gasteiger partial charge in [-0.1, -0.05) is 48.0 Å². The number of para-hydroxylation sites is 1. The highest BCUT2D eigenvalue weighted by molar-refractivity contribution is 9.10. The predicted molar refractivity (Wildman–Crippen MR) is 108 cm³/mol. The number of ether oxygens (including phenoxy) is 1. The first-order valence-corrected chi connectivity index (χ1v) is 9.38. The highest BCUT2D eigenvalue weighted by Crippen LogP contribution is 2.39. The van der Waals surface area contributed by atoms with Gasteiger partial charge in [-0.05, 0) is 36.2 Å². The lowest BCUT2D eigenvalue weighted by Gasteiger charge is -2.09. The highest BCUT2D eigenvalue weighted by atomic mass is 79.9. The molecule has 1 heterocycles. The average Bonchev–Trinajstić information content (AvgIpc) is 2.91. The van der Waals surface area contributed by atoms with E-state index in [9.17, 15) is 9.90 Å². The molecule has 0 aliphatic carbocycles. The zero-order valence-electron chi connectivity index (χ0n) is 15.1. The van der Waals surface area contributed by atoms with E-state index in [1.165, 1.54) is 0 Å². The lowest BCUT2D eigenvalue weighted by Crippen LogP contribution is -2.07. The third kappa shape index (κ3) is 4.54. The van der Waals surface area contributed by atoms with Gasteiger partial charge in [-0.15, -0.1) is 10.2 Å². The molecule has 0 radical (unpaired) electrons. The molecule has 0 aliphatic rings.